The van der Waals surface area contributed by atoms with E-state index in [0.29, 0.717) is 29.2 Å². The van der Waals surface area contributed by atoms with Crippen molar-refractivity contribution in [2.45, 2.75) is 6.61 Å². The normalized spacial score (nSPS) is 10.7. The topological polar surface area (TPSA) is 101 Å². The summed E-state index contributed by atoms with van der Waals surface area (Å²) in [5.74, 6) is 0.151. The summed E-state index contributed by atoms with van der Waals surface area (Å²) in [5, 5.41) is 17.2. The number of thiophene rings is 1. The van der Waals surface area contributed by atoms with Gasteiger partial charge in [-0.25, -0.2) is 0 Å². The second-order valence-corrected chi connectivity index (χ2v) is 7.82. The number of ether oxygens (including phenoxy) is 1. The molecule has 162 valence electrons. The number of aliphatic hydroxyl groups excluding tert-OH is 1. The van der Waals surface area contributed by atoms with E-state index in [4.69, 9.17) is 9.84 Å². The molecule has 0 aliphatic carbocycles. The van der Waals surface area contributed by atoms with Crippen molar-refractivity contribution in [2.75, 3.05) is 18.5 Å². The smallest absolute Gasteiger partial charge is 0.255 e. The number of fused-ring (bicyclic) bond motifs is 1. The lowest BCUT2D eigenvalue weighted by Gasteiger charge is -2.09. The molecular weight excluding hydrogens is 426 g/mol. The molecule has 0 atom stereocenters. The van der Waals surface area contributed by atoms with Crippen LogP contribution in [0.15, 0.2) is 72.4 Å². The van der Waals surface area contributed by atoms with Crippen LogP contribution in [0.4, 0.5) is 5.69 Å². The van der Waals surface area contributed by atoms with Crippen molar-refractivity contribution in [3.05, 3.63) is 89.1 Å². The Hall–Kier alpha value is -3.75. The van der Waals surface area contributed by atoms with E-state index in [-0.39, 0.29) is 25.0 Å². The molecule has 0 fully saturated rings. The number of amides is 2. The van der Waals surface area contributed by atoms with Gasteiger partial charge < -0.3 is 20.5 Å². The Morgan fingerprint density at radius 3 is 2.69 bits per heavy atom. The fraction of sp³-hybridized carbons (Fsp3) is 0.125. The molecule has 4 rings (SSSR count). The predicted octanol–water partition coefficient (Wildman–Crippen LogP) is 3.85. The van der Waals surface area contributed by atoms with Crippen molar-refractivity contribution >= 4 is 38.9 Å². The number of hydrogen-bond donors (Lipinski definition) is 3. The number of nitrogens with one attached hydrogen (secondary N) is 2. The van der Waals surface area contributed by atoms with Crippen molar-refractivity contribution < 1.29 is 19.4 Å². The molecule has 2 heterocycles. The van der Waals surface area contributed by atoms with E-state index < -0.39 is 0 Å². The van der Waals surface area contributed by atoms with Gasteiger partial charge in [-0.05, 0) is 29.6 Å². The Balaban J connectivity index is 1.45. The Morgan fingerprint density at radius 2 is 1.88 bits per heavy atom. The summed E-state index contributed by atoms with van der Waals surface area (Å²) in [6.07, 6.45) is 3.24. The second kappa shape index (κ2) is 10.0. The first-order chi connectivity index (χ1) is 15.7. The monoisotopic (exact) mass is 447 g/mol. The number of rotatable bonds is 8. The van der Waals surface area contributed by atoms with Crippen molar-refractivity contribution in [3.8, 4) is 5.75 Å². The van der Waals surface area contributed by atoms with E-state index in [1.165, 1.54) is 17.5 Å². The molecule has 2 aromatic carbocycles. The molecule has 7 nitrogen and oxygen atoms in total. The van der Waals surface area contributed by atoms with Gasteiger partial charge in [-0.3, -0.25) is 14.6 Å². The first kappa shape index (κ1) is 21.5. The van der Waals surface area contributed by atoms with E-state index in [2.05, 4.69) is 15.6 Å². The molecular formula is C24H21N3O4S. The minimum atomic E-state index is -0.270. The number of pyridine rings is 1. The van der Waals surface area contributed by atoms with E-state index >= 15 is 0 Å². The molecule has 2 amide bonds. The van der Waals surface area contributed by atoms with Crippen LogP contribution in [-0.2, 0) is 6.61 Å². The second-order valence-electron chi connectivity index (χ2n) is 6.94. The molecule has 32 heavy (non-hydrogen) atoms. The van der Waals surface area contributed by atoms with Crippen LogP contribution in [0.2, 0.25) is 0 Å². The average molecular weight is 448 g/mol. The molecule has 4 aromatic rings. The fourth-order valence-corrected chi connectivity index (χ4v) is 4.19. The molecule has 0 aliphatic heterocycles. The van der Waals surface area contributed by atoms with Gasteiger partial charge in [0.25, 0.3) is 11.8 Å². The molecule has 0 radical (unpaired) electrons. The van der Waals surface area contributed by atoms with Gasteiger partial charge in [-0.1, -0.05) is 24.3 Å². The number of anilines is 1. The Morgan fingerprint density at radius 1 is 1.03 bits per heavy atom. The predicted molar refractivity (Wildman–Crippen MR) is 124 cm³/mol. The first-order valence-electron chi connectivity index (χ1n) is 9.98. The largest absolute Gasteiger partial charge is 0.489 e. The van der Waals surface area contributed by atoms with Crippen LogP contribution in [0.3, 0.4) is 0 Å². The Bertz CT molecular complexity index is 1240. The highest BCUT2D eigenvalue weighted by atomic mass is 32.1. The van der Waals surface area contributed by atoms with Crippen molar-refractivity contribution in [1.29, 1.82) is 0 Å². The lowest BCUT2D eigenvalue weighted by atomic mass is 10.1. The minimum Gasteiger partial charge on any atom is -0.489 e. The SMILES string of the molecule is O=C(Nc1cccc(OCc2csc3c(C(=O)NCCO)cncc23)c1)c1ccccc1. The maximum absolute atomic E-state index is 12.4. The lowest BCUT2D eigenvalue weighted by molar-refractivity contribution is 0.0945. The zero-order chi connectivity index (χ0) is 22.3. The van der Waals surface area contributed by atoms with Gasteiger partial charge in [-0.2, -0.15) is 0 Å². The Kier molecular flexibility index (Phi) is 6.74. The van der Waals surface area contributed by atoms with Gasteiger partial charge in [-0.15, -0.1) is 11.3 Å². The highest BCUT2D eigenvalue weighted by molar-refractivity contribution is 7.17. The maximum atomic E-state index is 12.4. The van der Waals surface area contributed by atoms with E-state index in [1.54, 1.807) is 30.5 Å². The van der Waals surface area contributed by atoms with E-state index in [9.17, 15) is 9.59 Å². The van der Waals surface area contributed by atoms with Crippen molar-refractivity contribution in [2.24, 2.45) is 0 Å². The lowest BCUT2D eigenvalue weighted by Crippen LogP contribution is -2.26. The quantitative estimate of drug-likeness (QED) is 0.381. The molecule has 0 saturated carbocycles. The summed E-state index contributed by atoms with van der Waals surface area (Å²) < 4.78 is 6.76. The molecule has 0 bridgehead atoms. The van der Waals surface area contributed by atoms with Crippen LogP contribution in [-0.4, -0.2) is 35.1 Å². The highest BCUT2D eigenvalue weighted by Gasteiger charge is 2.15. The molecule has 2 aromatic heterocycles. The molecule has 0 saturated heterocycles. The van der Waals surface area contributed by atoms with Crippen LogP contribution in [0.5, 0.6) is 5.75 Å². The number of benzene rings is 2. The zero-order valence-electron chi connectivity index (χ0n) is 17.1. The molecule has 3 N–H and O–H groups in total. The van der Waals surface area contributed by atoms with Gasteiger partial charge in [0.2, 0.25) is 0 Å². The van der Waals surface area contributed by atoms with Gasteiger partial charge in [0.15, 0.2) is 0 Å². The van der Waals surface area contributed by atoms with Crippen LogP contribution in [0.1, 0.15) is 26.3 Å². The third-order valence-corrected chi connectivity index (χ3v) is 5.80. The minimum absolute atomic E-state index is 0.121. The van der Waals surface area contributed by atoms with Gasteiger partial charge >= 0.3 is 0 Å². The number of aliphatic hydroxyl groups is 1. The number of aromatic nitrogens is 1. The summed E-state index contributed by atoms with van der Waals surface area (Å²) in [7, 11) is 0. The average Bonchev–Trinajstić information content (AvgIpc) is 3.25. The first-order valence-corrected chi connectivity index (χ1v) is 10.9. The van der Waals surface area contributed by atoms with Crippen LogP contribution in [0.25, 0.3) is 10.1 Å². The fourth-order valence-electron chi connectivity index (χ4n) is 3.15. The third kappa shape index (κ3) is 4.93. The maximum Gasteiger partial charge on any atom is 0.255 e. The molecule has 0 aliphatic rings. The number of carbonyl (C=O) groups is 2. The highest BCUT2D eigenvalue weighted by Crippen LogP contribution is 2.29. The van der Waals surface area contributed by atoms with Crippen molar-refractivity contribution in [3.63, 3.8) is 0 Å². The summed E-state index contributed by atoms with van der Waals surface area (Å²) in [6, 6.07) is 16.2. The van der Waals surface area contributed by atoms with Crippen LogP contribution >= 0.6 is 11.3 Å². The zero-order valence-corrected chi connectivity index (χ0v) is 17.9. The molecule has 8 heteroatoms. The molecule has 0 spiro atoms. The summed E-state index contributed by atoms with van der Waals surface area (Å²) in [6.45, 7) is 0.358. The van der Waals surface area contributed by atoms with Crippen LogP contribution < -0.4 is 15.4 Å². The Labute approximate surface area is 188 Å². The van der Waals surface area contributed by atoms with E-state index in [1.807, 2.05) is 35.7 Å². The summed E-state index contributed by atoms with van der Waals surface area (Å²) in [4.78, 5) is 28.9. The van der Waals surface area contributed by atoms with Gasteiger partial charge in [0.05, 0.1) is 16.9 Å². The van der Waals surface area contributed by atoms with Gasteiger partial charge in [0.1, 0.15) is 12.4 Å². The molecule has 0 unspecified atom stereocenters. The van der Waals surface area contributed by atoms with Crippen molar-refractivity contribution in [1.82, 2.24) is 10.3 Å². The number of nitrogens with zero attached hydrogens (tertiary/aromatic N) is 1. The van der Waals surface area contributed by atoms with E-state index in [0.717, 1.165) is 15.6 Å². The third-order valence-electron chi connectivity index (χ3n) is 4.73. The number of carbonyl (C=O) groups excluding carboxylic acids is 2. The van der Waals surface area contributed by atoms with Gasteiger partial charge in [0, 0.05) is 47.2 Å². The summed E-state index contributed by atoms with van der Waals surface area (Å²) >= 11 is 1.45. The summed E-state index contributed by atoms with van der Waals surface area (Å²) in [5.41, 5.74) is 2.59. The number of hydrogen-bond acceptors (Lipinski definition) is 6. The van der Waals surface area contributed by atoms with Crippen LogP contribution in [0, 0.1) is 0 Å². The standard InChI is InChI=1S/C24H21N3O4S/c28-10-9-26-24(30)21-13-25-12-20-17(15-32-22(20)21)14-31-19-8-4-7-18(11-19)27-23(29)16-5-2-1-3-6-16/h1-8,11-13,15,28H,9-10,14H2,(H,26,30)(H,27,29).